The van der Waals surface area contributed by atoms with Crippen LogP contribution in [0, 0.1) is 5.82 Å². The van der Waals surface area contributed by atoms with Gasteiger partial charge in [0.05, 0.1) is 24.8 Å². The summed E-state index contributed by atoms with van der Waals surface area (Å²) in [6.45, 7) is 4.27. The highest BCUT2D eigenvalue weighted by Crippen LogP contribution is 2.17. The van der Waals surface area contributed by atoms with Crippen LogP contribution in [0.3, 0.4) is 0 Å². The van der Waals surface area contributed by atoms with Crippen molar-refractivity contribution in [3.05, 3.63) is 24.0 Å². The van der Waals surface area contributed by atoms with Crippen LogP contribution in [-0.2, 0) is 9.53 Å². The van der Waals surface area contributed by atoms with E-state index in [1.807, 2.05) is 13.8 Å². The summed E-state index contributed by atoms with van der Waals surface area (Å²) in [5.74, 6) is -0.789. The van der Waals surface area contributed by atoms with Crippen LogP contribution in [0.1, 0.15) is 26.7 Å². The van der Waals surface area contributed by atoms with Crippen LogP contribution in [0.25, 0.3) is 0 Å². The number of ether oxygens (including phenoxy) is 1. The Morgan fingerprint density at radius 2 is 2.28 bits per heavy atom. The van der Waals surface area contributed by atoms with Crippen molar-refractivity contribution >= 4 is 17.3 Å². The number of rotatable bonds is 6. The molecule has 0 aliphatic heterocycles. The Hall–Kier alpha value is -1.62. The zero-order valence-corrected chi connectivity index (χ0v) is 10.7. The van der Waals surface area contributed by atoms with Crippen LogP contribution in [0.2, 0.25) is 0 Å². The third-order valence-electron chi connectivity index (χ3n) is 2.57. The zero-order chi connectivity index (χ0) is 13.5. The largest absolute Gasteiger partial charge is 0.399 e. The fraction of sp³-hybridized carbons (Fsp3) is 0.462. The summed E-state index contributed by atoms with van der Waals surface area (Å²) in [6, 6.07) is 4.06. The van der Waals surface area contributed by atoms with Gasteiger partial charge in [-0.05, 0) is 31.5 Å². The molecule has 0 bridgehead atoms. The van der Waals surface area contributed by atoms with E-state index in [2.05, 4.69) is 5.32 Å². The lowest BCUT2D eigenvalue weighted by atomic mass is 10.2. The van der Waals surface area contributed by atoms with Crippen molar-refractivity contribution in [3.8, 4) is 0 Å². The fourth-order valence-electron chi connectivity index (χ4n) is 1.32. The minimum atomic E-state index is -0.500. The Balaban J connectivity index is 2.42. The molecule has 1 rings (SSSR count). The van der Waals surface area contributed by atoms with E-state index in [4.69, 9.17) is 10.5 Å². The Bertz CT molecular complexity index is 410. The van der Waals surface area contributed by atoms with Gasteiger partial charge in [0.15, 0.2) is 0 Å². The molecular formula is C13H19FN2O2. The average Bonchev–Trinajstić information content (AvgIpc) is 2.33. The smallest absolute Gasteiger partial charge is 0.226 e. The Labute approximate surface area is 106 Å². The van der Waals surface area contributed by atoms with E-state index in [9.17, 15) is 9.18 Å². The number of nitrogens with one attached hydrogen (secondary N) is 1. The van der Waals surface area contributed by atoms with Gasteiger partial charge < -0.3 is 15.8 Å². The van der Waals surface area contributed by atoms with Crippen molar-refractivity contribution in [2.24, 2.45) is 0 Å². The number of anilines is 2. The molecule has 0 saturated carbocycles. The first-order valence-corrected chi connectivity index (χ1v) is 5.99. The number of nitrogen functional groups attached to an aromatic ring is 1. The van der Waals surface area contributed by atoms with Gasteiger partial charge in [0.2, 0.25) is 5.91 Å². The molecule has 1 atom stereocenters. The molecule has 0 aromatic heterocycles. The SMILES string of the molecule is CCC(C)OCCC(=O)Nc1cc(N)ccc1F. The Morgan fingerprint density at radius 3 is 2.94 bits per heavy atom. The number of hydrogen-bond acceptors (Lipinski definition) is 3. The number of carbonyl (C=O) groups is 1. The molecule has 0 aliphatic rings. The molecule has 0 aliphatic carbocycles. The minimum absolute atomic E-state index is 0.100. The van der Waals surface area contributed by atoms with Crippen LogP contribution in [0.15, 0.2) is 18.2 Å². The summed E-state index contributed by atoms with van der Waals surface area (Å²) in [5.41, 5.74) is 6.02. The van der Waals surface area contributed by atoms with E-state index < -0.39 is 5.82 Å². The van der Waals surface area contributed by atoms with Gasteiger partial charge in [0.25, 0.3) is 0 Å². The first kappa shape index (κ1) is 14.4. The van der Waals surface area contributed by atoms with E-state index in [1.54, 1.807) is 0 Å². The van der Waals surface area contributed by atoms with E-state index in [0.717, 1.165) is 6.42 Å². The van der Waals surface area contributed by atoms with Gasteiger partial charge in [-0.2, -0.15) is 0 Å². The lowest BCUT2D eigenvalue weighted by Gasteiger charge is -2.11. The number of nitrogens with two attached hydrogens (primary N) is 1. The quantitative estimate of drug-likeness (QED) is 0.767. The third kappa shape index (κ3) is 4.71. The number of halogens is 1. The van der Waals surface area contributed by atoms with Crippen molar-refractivity contribution in [3.63, 3.8) is 0 Å². The standard InChI is InChI=1S/C13H19FN2O2/c1-3-9(2)18-7-6-13(17)16-12-8-10(15)4-5-11(12)14/h4-5,8-9H,3,6-7,15H2,1-2H3,(H,16,17). The monoisotopic (exact) mass is 254 g/mol. The molecule has 4 nitrogen and oxygen atoms in total. The van der Waals surface area contributed by atoms with Gasteiger partial charge in [0.1, 0.15) is 5.82 Å². The predicted octanol–water partition coefficient (Wildman–Crippen LogP) is 2.55. The lowest BCUT2D eigenvalue weighted by Crippen LogP contribution is -2.17. The fourth-order valence-corrected chi connectivity index (χ4v) is 1.32. The second-order valence-corrected chi connectivity index (χ2v) is 4.13. The molecule has 0 fully saturated rings. The molecule has 1 aromatic rings. The molecule has 18 heavy (non-hydrogen) atoms. The molecule has 0 heterocycles. The Morgan fingerprint density at radius 1 is 1.56 bits per heavy atom. The second-order valence-electron chi connectivity index (χ2n) is 4.13. The van der Waals surface area contributed by atoms with Gasteiger partial charge >= 0.3 is 0 Å². The number of carbonyl (C=O) groups excluding carboxylic acids is 1. The van der Waals surface area contributed by atoms with Crippen LogP contribution >= 0.6 is 0 Å². The molecule has 1 aromatic carbocycles. The zero-order valence-electron chi connectivity index (χ0n) is 10.7. The summed E-state index contributed by atoms with van der Waals surface area (Å²) in [7, 11) is 0. The average molecular weight is 254 g/mol. The first-order chi connectivity index (χ1) is 8.52. The van der Waals surface area contributed by atoms with E-state index in [1.165, 1.54) is 18.2 Å². The molecule has 100 valence electrons. The molecule has 1 amide bonds. The van der Waals surface area contributed by atoms with E-state index in [-0.39, 0.29) is 24.1 Å². The lowest BCUT2D eigenvalue weighted by molar-refractivity contribution is -0.117. The minimum Gasteiger partial charge on any atom is -0.399 e. The van der Waals surface area contributed by atoms with Gasteiger partial charge in [-0.1, -0.05) is 6.92 Å². The van der Waals surface area contributed by atoms with Crippen molar-refractivity contribution in [2.45, 2.75) is 32.8 Å². The number of benzene rings is 1. The maximum Gasteiger partial charge on any atom is 0.226 e. The van der Waals surface area contributed by atoms with Crippen molar-refractivity contribution in [1.82, 2.24) is 0 Å². The maximum atomic E-state index is 13.3. The second kappa shape index (κ2) is 6.96. The topological polar surface area (TPSA) is 64.3 Å². The molecule has 3 N–H and O–H groups in total. The molecule has 0 saturated heterocycles. The van der Waals surface area contributed by atoms with Crippen LogP contribution in [0.5, 0.6) is 0 Å². The highest BCUT2D eigenvalue weighted by atomic mass is 19.1. The maximum absolute atomic E-state index is 13.3. The highest BCUT2D eigenvalue weighted by molar-refractivity contribution is 5.91. The van der Waals surface area contributed by atoms with Gasteiger partial charge in [0, 0.05) is 5.69 Å². The summed E-state index contributed by atoms with van der Waals surface area (Å²) >= 11 is 0. The van der Waals surface area contributed by atoms with Crippen LogP contribution in [-0.4, -0.2) is 18.6 Å². The normalized spacial score (nSPS) is 12.2. The van der Waals surface area contributed by atoms with Gasteiger partial charge in [-0.15, -0.1) is 0 Å². The van der Waals surface area contributed by atoms with Crippen molar-refractivity contribution < 1.29 is 13.9 Å². The van der Waals surface area contributed by atoms with Gasteiger partial charge in [-0.25, -0.2) is 4.39 Å². The molecular weight excluding hydrogens is 235 g/mol. The van der Waals surface area contributed by atoms with Crippen LogP contribution in [0.4, 0.5) is 15.8 Å². The number of hydrogen-bond donors (Lipinski definition) is 2. The number of amides is 1. The van der Waals surface area contributed by atoms with Gasteiger partial charge in [-0.3, -0.25) is 4.79 Å². The summed E-state index contributed by atoms with van der Waals surface area (Å²) in [6.07, 6.45) is 1.21. The van der Waals surface area contributed by atoms with Crippen LogP contribution < -0.4 is 11.1 Å². The van der Waals surface area contributed by atoms with E-state index in [0.29, 0.717) is 12.3 Å². The highest BCUT2D eigenvalue weighted by Gasteiger charge is 2.08. The van der Waals surface area contributed by atoms with E-state index >= 15 is 0 Å². The first-order valence-electron chi connectivity index (χ1n) is 5.99. The third-order valence-corrected chi connectivity index (χ3v) is 2.57. The summed E-state index contributed by atoms with van der Waals surface area (Å²) in [5, 5.41) is 2.47. The Kier molecular flexibility index (Phi) is 5.58. The van der Waals surface area contributed by atoms with Crippen molar-refractivity contribution in [1.29, 1.82) is 0 Å². The molecule has 0 spiro atoms. The summed E-state index contributed by atoms with van der Waals surface area (Å²) in [4.78, 5) is 11.5. The molecule has 1 unspecified atom stereocenters. The molecule has 0 radical (unpaired) electrons. The predicted molar refractivity (Wildman–Crippen MR) is 69.8 cm³/mol. The van der Waals surface area contributed by atoms with Crippen molar-refractivity contribution in [2.75, 3.05) is 17.7 Å². The molecule has 5 heteroatoms. The summed E-state index contributed by atoms with van der Waals surface area (Å²) < 4.78 is 18.7.